The summed E-state index contributed by atoms with van der Waals surface area (Å²) in [5.41, 5.74) is 0.418. The minimum Gasteiger partial charge on any atom is -0.342 e. The van der Waals surface area contributed by atoms with Gasteiger partial charge >= 0.3 is 0 Å². The number of hydrogen-bond acceptors (Lipinski definition) is 2. The van der Waals surface area contributed by atoms with E-state index < -0.39 is 0 Å². The number of amides is 1. The van der Waals surface area contributed by atoms with Crippen molar-refractivity contribution in [2.75, 3.05) is 26.2 Å². The van der Waals surface area contributed by atoms with E-state index in [1.807, 2.05) is 0 Å². The Balaban J connectivity index is 0.00000128. The highest BCUT2D eigenvalue weighted by Crippen LogP contribution is 2.35. The molecule has 0 saturated carbocycles. The summed E-state index contributed by atoms with van der Waals surface area (Å²) in [6.07, 6.45) is 5.44. The molecule has 2 heterocycles. The number of carbonyl (C=O) groups is 1. The first-order chi connectivity index (χ1) is 7.26. The van der Waals surface area contributed by atoms with Crippen LogP contribution in [0.2, 0.25) is 0 Å². The molecule has 0 aromatic carbocycles. The summed E-state index contributed by atoms with van der Waals surface area (Å²) in [6, 6.07) is 0. The highest BCUT2D eigenvalue weighted by Gasteiger charge is 2.38. The van der Waals surface area contributed by atoms with Gasteiger partial charge in [-0.2, -0.15) is 0 Å². The molecule has 1 unspecified atom stereocenters. The first-order valence-corrected chi connectivity index (χ1v) is 6.24. The van der Waals surface area contributed by atoms with E-state index in [1.54, 1.807) is 0 Å². The summed E-state index contributed by atoms with van der Waals surface area (Å²) in [5.74, 6) is 0.364. The molecular weight excluding hydrogens is 224 g/mol. The Hall–Kier alpha value is -0.280. The molecule has 0 aromatic rings. The van der Waals surface area contributed by atoms with Crippen molar-refractivity contribution in [3.63, 3.8) is 0 Å². The fourth-order valence-electron chi connectivity index (χ4n) is 2.94. The topological polar surface area (TPSA) is 32.3 Å². The van der Waals surface area contributed by atoms with Gasteiger partial charge < -0.3 is 10.2 Å². The lowest BCUT2D eigenvalue weighted by molar-refractivity contribution is -0.134. The maximum Gasteiger partial charge on any atom is 0.222 e. The second-order valence-electron chi connectivity index (χ2n) is 5.10. The third kappa shape index (κ3) is 2.89. The van der Waals surface area contributed by atoms with E-state index >= 15 is 0 Å². The van der Waals surface area contributed by atoms with Crippen molar-refractivity contribution < 1.29 is 4.79 Å². The SMILES string of the molecule is CCCC(=O)N1CCCC2(CCNC2)C1.Cl. The van der Waals surface area contributed by atoms with Crippen LogP contribution in [0, 0.1) is 5.41 Å². The molecule has 1 spiro atoms. The van der Waals surface area contributed by atoms with Gasteiger partial charge in [-0.05, 0) is 32.2 Å². The van der Waals surface area contributed by atoms with E-state index in [4.69, 9.17) is 0 Å². The van der Waals surface area contributed by atoms with Crippen molar-refractivity contribution >= 4 is 18.3 Å². The van der Waals surface area contributed by atoms with Crippen molar-refractivity contribution in [2.24, 2.45) is 5.41 Å². The number of likely N-dealkylation sites (tertiary alicyclic amines) is 1. The van der Waals surface area contributed by atoms with Gasteiger partial charge in [0, 0.05) is 31.5 Å². The average Bonchev–Trinajstić information content (AvgIpc) is 2.67. The van der Waals surface area contributed by atoms with Gasteiger partial charge in [-0.1, -0.05) is 6.92 Å². The smallest absolute Gasteiger partial charge is 0.222 e. The van der Waals surface area contributed by atoms with E-state index in [0.29, 0.717) is 11.3 Å². The Kier molecular flexibility index (Phi) is 5.06. The molecule has 94 valence electrons. The fourth-order valence-corrected chi connectivity index (χ4v) is 2.94. The zero-order valence-electron chi connectivity index (χ0n) is 10.1. The summed E-state index contributed by atoms with van der Waals surface area (Å²) < 4.78 is 0. The Morgan fingerprint density at radius 2 is 2.25 bits per heavy atom. The Morgan fingerprint density at radius 1 is 1.44 bits per heavy atom. The Labute approximate surface area is 104 Å². The summed E-state index contributed by atoms with van der Waals surface area (Å²) in [5, 5.41) is 3.44. The number of rotatable bonds is 2. The van der Waals surface area contributed by atoms with E-state index in [0.717, 1.165) is 39.0 Å². The van der Waals surface area contributed by atoms with Gasteiger partial charge in [0.2, 0.25) is 5.91 Å². The summed E-state index contributed by atoms with van der Waals surface area (Å²) in [6.45, 7) is 6.31. The van der Waals surface area contributed by atoms with Crippen LogP contribution in [0.1, 0.15) is 39.0 Å². The Morgan fingerprint density at radius 3 is 2.88 bits per heavy atom. The van der Waals surface area contributed by atoms with Crippen LogP contribution in [-0.2, 0) is 4.79 Å². The predicted molar refractivity (Wildman–Crippen MR) is 67.9 cm³/mol. The maximum absolute atomic E-state index is 11.8. The second-order valence-corrected chi connectivity index (χ2v) is 5.10. The molecule has 0 radical (unpaired) electrons. The van der Waals surface area contributed by atoms with E-state index in [9.17, 15) is 4.79 Å². The number of halogens is 1. The van der Waals surface area contributed by atoms with Crippen LogP contribution in [0.4, 0.5) is 0 Å². The van der Waals surface area contributed by atoms with Crippen LogP contribution in [-0.4, -0.2) is 37.0 Å². The zero-order chi connectivity index (χ0) is 10.7. The van der Waals surface area contributed by atoms with Crippen LogP contribution >= 0.6 is 12.4 Å². The van der Waals surface area contributed by atoms with Gasteiger partial charge in [-0.25, -0.2) is 0 Å². The molecule has 0 aromatic heterocycles. The fraction of sp³-hybridized carbons (Fsp3) is 0.917. The lowest BCUT2D eigenvalue weighted by Crippen LogP contribution is -2.47. The molecule has 2 aliphatic heterocycles. The van der Waals surface area contributed by atoms with Crippen LogP contribution in [0.3, 0.4) is 0 Å². The monoisotopic (exact) mass is 246 g/mol. The van der Waals surface area contributed by atoms with E-state index in [2.05, 4.69) is 17.1 Å². The molecule has 2 fully saturated rings. The Bertz CT molecular complexity index is 239. The molecule has 2 rings (SSSR count). The molecule has 16 heavy (non-hydrogen) atoms. The number of carbonyl (C=O) groups excluding carboxylic acids is 1. The summed E-state index contributed by atoms with van der Waals surface area (Å²) in [4.78, 5) is 13.9. The molecule has 0 bridgehead atoms. The van der Waals surface area contributed by atoms with Gasteiger partial charge in [-0.3, -0.25) is 4.79 Å². The van der Waals surface area contributed by atoms with Crippen LogP contribution in [0.25, 0.3) is 0 Å². The summed E-state index contributed by atoms with van der Waals surface area (Å²) >= 11 is 0. The quantitative estimate of drug-likeness (QED) is 0.806. The third-order valence-corrected chi connectivity index (χ3v) is 3.81. The molecule has 1 amide bonds. The highest BCUT2D eigenvalue weighted by molar-refractivity contribution is 5.85. The molecular formula is C12H23ClN2O. The van der Waals surface area contributed by atoms with Gasteiger partial charge in [0.15, 0.2) is 0 Å². The van der Waals surface area contributed by atoms with Gasteiger partial charge in [0.25, 0.3) is 0 Å². The average molecular weight is 247 g/mol. The van der Waals surface area contributed by atoms with Gasteiger partial charge in [0.1, 0.15) is 0 Å². The first kappa shape index (κ1) is 13.8. The minimum atomic E-state index is 0. The molecule has 1 N–H and O–H groups in total. The molecule has 3 nitrogen and oxygen atoms in total. The molecule has 2 aliphatic rings. The van der Waals surface area contributed by atoms with Crippen LogP contribution < -0.4 is 5.32 Å². The van der Waals surface area contributed by atoms with E-state index in [1.165, 1.54) is 19.3 Å². The maximum atomic E-state index is 11.8. The number of nitrogens with zero attached hydrogens (tertiary/aromatic N) is 1. The second kappa shape index (κ2) is 5.87. The molecule has 2 saturated heterocycles. The van der Waals surface area contributed by atoms with Gasteiger partial charge in [0.05, 0.1) is 0 Å². The summed E-state index contributed by atoms with van der Waals surface area (Å²) in [7, 11) is 0. The molecule has 1 atom stereocenters. The number of piperidine rings is 1. The van der Waals surface area contributed by atoms with Crippen molar-refractivity contribution in [1.29, 1.82) is 0 Å². The van der Waals surface area contributed by atoms with Crippen molar-refractivity contribution in [3.8, 4) is 0 Å². The van der Waals surface area contributed by atoms with E-state index in [-0.39, 0.29) is 12.4 Å². The zero-order valence-corrected chi connectivity index (χ0v) is 10.9. The third-order valence-electron chi connectivity index (χ3n) is 3.81. The lowest BCUT2D eigenvalue weighted by atomic mass is 9.79. The standard InChI is InChI=1S/C12H22N2O.ClH/c1-2-4-11(15)14-8-3-5-12(10-14)6-7-13-9-12;/h13H,2-10H2,1H3;1H. The predicted octanol–water partition coefficient (Wildman–Crippen LogP) is 1.81. The molecule has 4 heteroatoms. The first-order valence-electron chi connectivity index (χ1n) is 6.24. The van der Waals surface area contributed by atoms with Crippen LogP contribution in [0.15, 0.2) is 0 Å². The van der Waals surface area contributed by atoms with Crippen molar-refractivity contribution in [3.05, 3.63) is 0 Å². The van der Waals surface area contributed by atoms with Crippen LogP contribution in [0.5, 0.6) is 0 Å². The minimum absolute atomic E-state index is 0. The van der Waals surface area contributed by atoms with Crippen molar-refractivity contribution in [1.82, 2.24) is 10.2 Å². The lowest BCUT2D eigenvalue weighted by Gasteiger charge is -2.40. The number of nitrogens with one attached hydrogen (secondary N) is 1. The molecule has 0 aliphatic carbocycles. The number of hydrogen-bond donors (Lipinski definition) is 1. The largest absolute Gasteiger partial charge is 0.342 e. The highest BCUT2D eigenvalue weighted by atomic mass is 35.5. The van der Waals surface area contributed by atoms with Crippen molar-refractivity contribution in [2.45, 2.75) is 39.0 Å². The van der Waals surface area contributed by atoms with Gasteiger partial charge in [-0.15, -0.1) is 12.4 Å². The normalized spacial score (nSPS) is 29.2.